The Hall–Kier alpha value is -2.01. The molecule has 1 aliphatic rings. The number of nitrogens with zero attached hydrogens (tertiary/aromatic N) is 1. The van der Waals surface area contributed by atoms with Crippen molar-refractivity contribution in [2.24, 2.45) is 0 Å². The number of carbonyl (C=O) groups is 2. The van der Waals surface area contributed by atoms with E-state index in [9.17, 15) is 9.59 Å². The highest BCUT2D eigenvalue weighted by Gasteiger charge is 2.20. The molecule has 0 aromatic heterocycles. The van der Waals surface area contributed by atoms with E-state index in [4.69, 9.17) is 16.3 Å². The van der Waals surface area contributed by atoms with Crippen molar-refractivity contribution in [1.29, 1.82) is 0 Å². The van der Waals surface area contributed by atoms with E-state index in [1.165, 1.54) is 7.11 Å². The molecular weight excluding hydrogens is 306 g/mol. The second-order valence-corrected chi connectivity index (χ2v) is 5.48. The van der Waals surface area contributed by atoms with Gasteiger partial charge >= 0.3 is 5.97 Å². The third-order valence-electron chi connectivity index (χ3n) is 3.41. The van der Waals surface area contributed by atoms with Crippen LogP contribution in [0, 0.1) is 0 Å². The lowest BCUT2D eigenvalue weighted by Crippen LogP contribution is -2.32. The average Bonchev–Trinajstić information content (AvgIpc) is 2.52. The molecule has 0 bridgehead atoms. The molecule has 0 atom stereocenters. The summed E-state index contributed by atoms with van der Waals surface area (Å²) in [6.45, 7) is 0.711. The highest BCUT2D eigenvalue weighted by atomic mass is 35.5. The van der Waals surface area contributed by atoms with E-state index >= 15 is 0 Å². The van der Waals surface area contributed by atoms with Gasteiger partial charge in [-0.05, 0) is 30.7 Å². The first-order valence-electron chi connectivity index (χ1n) is 6.96. The predicted octanol–water partition coefficient (Wildman–Crippen LogP) is 2.53. The number of amides is 1. The van der Waals surface area contributed by atoms with Crippen molar-refractivity contribution >= 4 is 29.6 Å². The Morgan fingerprint density at radius 3 is 2.91 bits per heavy atom. The predicted molar refractivity (Wildman–Crippen MR) is 83.8 cm³/mol. The number of carbonyl (C=O) groups excluding carboxylic acids is 2. The number of likely N-dealkylation sites (N-methyl/N-ethyl adjacent to an activating group) is 1. The zero-order valence-electron chi connectivity index (χ0n) is 12.6. The molecule has 5 nitrogen and oxygen atoms in total. The fraction of sp³-hybridized carbons (Fsp3) is 0.375. The van der Waals surface area contributed by atoms with Crippen molar-refractivity contribution in [3.8, 4) is 5.75 Å². The van der Waals surface area contributed by atoms with Gasteiger partial charge in [-0.15, -0.1) is 0 Å². The summed E-state index contributed by atoms with van der Waals surface area (Å²) in [5.41, 5.74) is 1.36. The highest BCUT2D eigenvalue weighted by molar-refractivity contribution is 6.30. The number of ether oxygens (including phenoxy) is 2. The number of halogens is 1. The van der Waals surface area contributed by atoms with Gasteiger partial charge in [0.1, 0.15) is 12.4 Å². The van der Waals surface area contributed by atoms with Gasteiger partial charge in [-0.2, -0.15) is 0 Å². The quantitative estimate of drug-likeness (QED) is 0.781. The van der Waals surface area contributed by atoms with Crippen LogP contribution in [0.1, 0.15) is 18.4 Å². The second kappa shape index (κ2) is 7.31. The lowest BCUT2D eigenvalue weighted by Gasteiger charge is -2.22. The van der Waals surface area contributed by atoms with Crippen LogP contribution in [0.2, 0.25) is 5.02 Å². The molecule has 1 heterocycles. The van der Waals surface area contributed by atoms with Gasteiger partial charge in [0, 0.05) is 30.6 Å². The fourth-order valence-electron chi connectivity index (χ4n) is 2.18. The topological polar surface area (TPSA) is 55.8 Å². The Labute approximate surface area is 134 Å². The first kappa shape index (κ1) is 16.4. The Morgan fingerprint density at radius 1 is 1.41 bits per heavy atom. The van der Waals surface area contributed by atoms with Crippen LogP contribution in [-0.4, -0.2) is 44.1 Å². The van der Waals surface area contributed by atoms with Gasteiger partial charge in [-0.25, -0.2) is 0 Å². The van der Waals surface area contributed by atoms with E-state index in [0.717, 1.165) is 5.56 Å². The molecule has 118 valence electrons. The van der Waals surface area contributed by atoms with Crippen molar-refractivity contribution < 1.29 is 19.1 Å². The molecule has 1 aromatic rings. The summed E-state index contributed by atoms with van der Waals surface area (Å²) in [5, 5.41) is 0.596. The van der Waals surface area contributed by atoms with E-state index in [0.29, 0.717) is 35.7 Å². The first-order chi connectivity index (χ1) is 10.5. The first-order valence-corrected chi connectivity index (χ1v) is 7.34. The van der Waals surface area contributed by atoms with Crippen molar-refractivity contribution in [2.75, 3.05) is 27.3 Å². The molecule has 0 spiro atoms. The second-order valence-electron chi connectivity index (χ2n) is 5.05. The minimum Gasteiger partial charge on any atom is -0.488 e. The average molecular weight is 324 g/mol. The summed E-state index contributed by atoms with van der Waals surface area (Å²) in [7, 11) is 3.05. The lowest BCUT2D eigenvalue weighted by molar-refractivity contribution is -0.141. The van der Waals surface area contributed by atoms with Crippen molar-refractivity contribution in [1.82, 2.24) is 4.90 Å². The van der Waals surface area contributed by atoms with Crippen LogP contribution in [0.3, 0.4) is 0 Å². The number of methoxy groups -OCH3 is 1. The molecule has 0 N–H and O–H groups in total. The number of rotatable bonds is 5. The number of hydrogen-bond acceptors (Lipinski definition) is 4. The van der Waals surface area contributed by atoms with E-state index in [1.54, 1.807) is 36.2 Å². The number of hydrogen-bond donors (Lipinski definition) is 0. The van der Waals surface area contributed by atoms with Crippen LogP contribution >= 0.6 is 11.6 Å². The molecule has 22 heavy (non-hydrogen) atoms. The van der Waals surface area contributed by atoms with E-state index < -0.39 is 0 Å². The molecule has 1 aliphatic heterocycles. The molecule has 1 aromatic carbocycles. The third kappa shape index (κ3) is 4.01. The Kier molecular flexibility index (Phi) is 5.44. The third-order valence-corrected chi connectivity index (χ3v) is 3.64. The monoisotopic (exact) mass is 323 g/mol. The largest absolute Gasteiger partial charge is 0.488 e. The number of fused-ring (bicyclic) bond motifs is 1. The van der Waals surface area contributed by atoms with Crippen LogP contribution in [0.15, 0.2) is 23.8 Å². The molecule has 2 rings (SSSR count). The maximum Gasteiger partial charge on any atom is 0.305 e. The van der Waals surface area contributed by atoms with Gasteiger partial charge in [-0.1, -0.05) is 11.6 Å². The molecule has 1 amide bonds. The van der Waals surface area contributed by atoms with E-state index in [2.05, 4.69) is 4.74 Å². The van der Waals surface area contributed by atoms with Crippen molar-refractivity contribution in [2.45, 2.75) is 12.8 Å². The van der Waals surface area contributed by atoms with Crippen LogP contribution in [0.4, 0.5) is 0 Å². The summed E-state index contributed by atoms with van der Waals surface area (Å²) >= 11 is 5.95. The summed E-state index contributed by atoms with van der Waals surface area (Å²) in [4.78, 5) is 25.0. The van der Waals surface area contributed by atoms with Gasteiger partial charge in [0.15, 0.2) is 0 Å². The molecule has 0 unspecified atom stereocenters. The summed E-state index contributed by atoms with van der Waals surface area (Å²) in [5.74, 6) is 0.328. The molecule has 0 saturated heterocycles. The van der Waals surface area contributed by atoms with Crippen LogP contribution in [0.25, 0.3) is 6.08 Å². The summed E-state index contributed by atoms with van der Waals surface area (Å²) in [6.07, 6.45) is 2.65. The van der Waals surface area contributed by atoms with Gasteiger partial charge < -0.3 is 14.4 Å². The zero-order chi connectivity index (χ0) is 16.1. The maximum absolute atomic E-state index is 12.4. The van der Waals surface area contributed by atoms with E-state index in [1.807, 2.05) is 0 Å². The minimum atomic E-state index is -0.273. The maximum atomic E-state index is 12.4. The SMILES string of the molecule is COC(=O)CCCN(C)C(=O)C1=Cc2cc(Cl)ccc2OC1. The molecule has 6 heteroatoms. The number of benzene rings is 1. The normalized spacial score (nSPS) is 12.8. The van der Waals surface area contributed by atoms with Crippen LogP contribution < -0.4 is 4.74 Å². The highest BCUT2D eigenvalue weighted by Crippen LogP contribution is 2.29. The lowest BCUT2D eigenvalue weighted by atomic mass is 10.1. The number of esters is 1. The standard InChI is InChI=1S/C16H18ClNO4/c1-18(7-3-4-15(19)21-2)16(20)12-8-11-9-13(17)5-6-14(11)22-10-12/h5-6,8-9H,3-4,7,10H2,1-2H3. The Balaban J connectivity index is 1.99. The Bertz CT molecular complexity index is 612. The van der Waals surface area contributed by atoms with Crippen LogP contribution in [0.5, 0.6) is 5.75 Å². The minimum absolute atomic E-state index is 0.115. The Morgan fingerprint density at radius 2 is 2.18 bits per heavy atom. The smallest absolute Gasteiger partial charge is 0.305 e. The molecule has 0 saturated carbocycles. The summed E-state index contributed by atoms with van der Waals surface area (Å²) < 4.78 is 10.1. The molecule has 0 aliphatic carbocycles. The van der Waals surface area contributed by atoms with Crippen LogP contribution in [-0.2, 0) is 14.3 Å². The van der Waals surface area contributed by atoms with Crippen molar-refractivity contribution in [3.05, 3.63) is 34.4 Å². The van der Waals surface area contributed by atoms with Gasteiger partial charge in [-0.3, -0.25) is 9.59 Å². The van der Waals surface area contributed by atoms with E-state index in [-0.39, 0.29) is 18.5 Å². The fourth-order valence-corrected chi connectivity index (χ4v) is 2.36. The molecule has 0 radical (unpaired) electrons. The molecular formula is C16H18ClNO4. The van der Waals surface area contributed by atoms with Gasteiger partial charge in [0.2, 0.25) is 0 Å². The van der Waals surface area contributed by atoms with Gasteiger partial charge in [0.25, 0.3) is 5.91 Å². The summed E-state index contributed by atoms with van der Waals surface area (Å²) in [6, 6.07) is 5.30. The van der Waals surface area contributed by atoms with Crippen molar-refractivity contribution in [3.63, 3.8) is 0 Å². The molecule has 0 fully saturated rings. The van der Waals surface area contributed by atoms with Gasteiger partial charge in [0.05, 0.1) is 12.7 Å². The zero-order valence-corrected chi connectivity index (χ0v) is 13.4.